The zero-order valence-corrected chi connectivity index (χ0v) is 6.23. The standard InChI is InChI=1S/C7H8N4/c1-2-6-4-11-7(3-8-6)9-5-10-11/h3-5H,2H2,1H3. The number of aromatic nitrogens is 4. The molecule has 0 spiro atoms. The topological polar surface area (TPSA) is 43.1 Å². The van der Waals surface area contributed by atoms with Crippen molar-refractivity contribution in [3.05, 3.63) is 24.4 Å². The molecule has 0 fully saturated rings. The van der Waals surface area contributed by atoms with Gasteiger partial charge in [0.25, 0.3) is 0 Å². The van der Waals surface area contributed by atoms with E-state index in [1.807, 2.05) is 6.20 Å². The van der Waals surface area contributed by atoms with Crippen LogP contribution in [0.3, 0.4) is 0 Å². The van der Waals surface area contributed by atoms with Crippen LogP contribution >= 0.6 is 0 Å². The lowest BCUT2D eigenvalue weighted by Crippen LogP contribution is -1.93. The van der Waals surface area contributed by atoms with Crippen molar-refractivity contribution in [2.45, 2.75) is 13.3 Å². The van der Waals surface area contributed by atoms with Crippen molar-refractivity contribution in [1.82, 2.24) is 19.6 Å². The van der Waals surface area contributed by atoms with Crippen LogP contribution in [0.4, 0.5) is 0 Å². The molecule has 0 aliphatic carbocycles. The van der Waals surface area contributed by atoms with Gasteiger partial charge in [0, 0.05) is 0 Å². The third kappa shape index (κ3) is 0.960. The summed E-state index contributed by atoms with van der Waals surface area (Å²) in [6.45, 7) is 2.06. The van der Waals surface area contributed by atoms with Crippen molar-refractivity contribution in [2.24, 2.45) is 0 Å². The van der Waals surface area contributed by atoms with Crippen LogP contribution in [0.2, 0.25) is 0 Å². The average molecular weight is 148 g/mol. The molecule has 0 unspecified atom stereocenters. The molecule has 0 aliphatic rings. The summed E-state index contributed by atoms with van der Waals surface area (Å²) < 4.78 is 1.73. The molecule has 0 saturated carbocycles. The van der Waals surface area contributed by atoms with Crippen molar-refractivity contribution in [3.8, 4) is 0 Å². The zero-order valence-electron chi connectivity index (χ0n) is 6.23. The lowest BCUT2D eigenvalue weighted by Gasteiger charge is -1.94. The summed E-state index contributed by atoms with van der Waals surface area (Å²) in [5.74, 6) is 0. The number of hydrogen-bond acceptors (Lipinski definition) is 3. The maximum Gasteiger partial charge on any atom is 0.173 e. The molecule has 0 atom stereocenters. The molecule has 2 heterocycles. The second-order valence-electron chi connectivity index (χ2n) is 2.29. The van der Waals surface area contributed by atoms with E-state index in [1.165, 1.54) is 6.33 Å². The Morgan fingerprint density at radius 3 is 3.18 bits per heavy atom. The van der Waals surface area contributed by atoms with Gasteiger partial charge in [0.05, 0.1) is 18.1 Å². The summed E-state index contributed by atoms with van der Waals surface area (Å²) in [6.07, 6.45) is 6.07. The molecule has 0 radical (unpaired) electrons. The van der Waals surface area contributed by atoms with Crippen molar-refractivity contribution in [2.75, 3.05) is 0 Å². The van der Waals surface area contributed by atoms with Crippen molar-refractivity contribution in [1.29, 1.82) is 0 Å². The predicted octanol–water partition coefficient (Wildman–Crippen LogP) is 0.687. The Labute approximate surface area is 63.9 Å². The highest BCUT2D eigenvalue weighted by atomic mass is 15.3. The maximum absolute atomic E-state index is 4.17. The number of hydrogen-bond donors (Lipinski definition) is 0. The summed E-state index contributed by atoms with van der Waals surface area (Å²) in [4.78, 5) is 8.16. The third-order valence-electron chi connectivity index (χ3n) is 1.58. The van der Waals surface area contributed by atoms with Gasteiger partial charge in [0.2, 0.25) is 0 Å². The molecule has 0 bridgehead atoms. The van der Waals surface area contributed by atoms with Crippen LogP contribution in [0, 0.1) is 0 Å². The van der Waals surface area contributed by atoms with Crippen LogP contribution in [0.1, 0.15) is 12.6 Å². The quantitative estimate of drug-likeness (QED) is 0.597. The van der Waals surface area contributed by atoms with Gasteiger partial charge in [-0.1, -0.05) is 6.92 Å². The number of aryl methyl sites for hydroxylation is 1. The molecule has 2 rings (SSSR count). The van der Waals surface area contributed by atoms with E-state index in [9.17, 15) is 0 Å². The van der Waals surface area contributed by atoms with Gasteiger partial charge in [-0.2, -0.15) is 5.10 Å². The van der Waals surface area contributed by atoms with Crippen LogP contribution in [0.25, 0.3) is 5.65 Å². The number of rotatable bonds is 1. The zero-order chi connectivity index (χ0) is 7.68. The highest BCUT2D eigenvalue weighted by Crippen LogP contribution is 1.98. The molecule has 2 aromatic heterocycles. The van der Waals surface area contributed by atoms with E-state index in [4.69, 9.17) is 0 Å². The molecule has 2 aromatic rings. The van der Waals surface area contributed by atoms with Gasteiger partial charge in [-0.3, -0.25) is 4.98 Å². The fraction of sp³-hybridized carbons (Fsp3) is 0.286. The maximum atomic E-state index is 4.17. The van der Waals surface area contributed by atoms with Crippen molar-refractivity contribution < 1.29 is 0 Å². The molecule has 56 valence electrons. The second-order valence-corrected chi connectivity index (χ2v) is 2.29. The molecular formula is C7H8N4. The second kappa shape index (κ2) is 2.30. The first kappa shape index (κ1) is 6.27. The number of nitrogens with zero attached hydrogens (tertiary/aromatic N) is 4. The normalized spacial score (nSPS) is 10.6. The van der Waals surface area contributed by atoms with Crippen LogP contribution in [0.5, 0.6) is 0 Å². The minimum Gasteiger partial charge on any atom is -0.256 e. The third-order valence-corrected chi connectivity index (χ3v) is 1.58. The first-order valence-electron chi connectivity index (χ1n) is 3.54. The highest BCUT2D eigenvalue weighted by molar-refractivity contribution is 5.32. The largest absolute Gasteiger partial charge is 0.256 e. The molecule has 0 N–H and O–H groups in total. The molecule has 4 nitrogen and oxygen atoms in total. The summed E-state index contributed by atoms with van der Waals surface area (Å²) in [5, 5.41) is 3.99. The van der Waals surface area contributed by atoms with Crippen LogP contribution in [-0.2, 0) is 6.42 Å². The minimum absolute atomic E-state index is 0.794. The minimum atomic E-state index is 0.794. The molecule has 0 amide bonds. The molecule has 11 heavy (non-hydrogen) atoms. The first-order valence-corrected chi connectivity index (χ1v) is 3.54. The van der Waals surface area contributed by atoms with Crippen molar-refractivity contribution >= 4 is 5.65 Å². The van der Waals surface area contributed by atoms with Gasteiger partial charge in [0.1, 0.15) is 6.33 Å². The highest BCUT2D eigenvalue weighted by Gasteiger charge is 1.95. The Balaban J connectivity index is 2.67. The molecular weight excluding hydrogens is 140 g/mol. The Morgan fingerprint density at radius 2 is 2.36 bits per heavy atom. The fourth-order valence-electron chi connectivity index (χ4n) is 0.949. The van der Waals surface area contributed by atoms with Crippen molar-refractivity contribution in [3.63, 3.8) is 0 Å². The predicted molar refractivity (Wildman–Crippen MR) is 40.2 cm³/mol. The smallest absolute Gasteiger partial charge is 0.173 e. The fourth-order valence-corrected chi connectivity index (χ4v) is 0.949. The van der Waals surface area contributed by atoms with Gasteiger partial charge in [-0.25, -0.2) is 9.50 Å². The van der Waals surface area contributed by atoms with E-state index in [-0.39, 0.29) is 0 Å². The van der Waals surface area contributed by atoms with Gasteiger partial charge in [-0.05, 0) is 6.42 Å². The Kier molecular flexibility index (Phi) is 1.31. The average Bonchev–Trinajstić information content (AvgIpc) is 2.50. The SMILES string of the molecule is CCc1cn2ncnc2cn1. The summed E-state index contributed by atoms with van der Waals surface area (Å²) >= 11 is 0. The Hall–Kier alpha value is -1.45. The van der Waals surface area contributed by atoms with E-state index in [0.717, 1.165) is 17.8 Å². The van der Waals surface area contributed by atoms with Crippen LogP contribution in [-0.4, -0.2) is 19.6 Å². The van der Waals surface area contributed by atoms with Gasteiger partial charge >= 0.3 is 0 Å². The van der Waals surface area contributed by atoms with E-state index in [0.29, 0.717) is 0 Å². The Morgan fingerprint density at radius 1 is 1.45 bits per heavy atom. The van der Waals surface area contributed by atoms with Crippen LogP contribution in [0.15, 0.2) is 18.7 Å². The summed E-state index contributed by atoms with van der Waals surface area (Å²) in [7, 11) is 0. The van der Waals surface area contributed by atoms with Gasteiger partial charge in [0.15, 0.2) is 5.65 Å². The molecule has 4 heteroatoms. The number of fused-ring (bicyclic) bond motifs is 1. The van der Waals surface area contributed by atoms with E-state index in [1.54, 1.807) is 10.7 Å². The molecule has 0 aromatic carbocycles. The lowest BCUT2D eigenvalue weighted by atomic mass is 10.4. The van der Waals surface area contributed by atoms with E-state index in [2.05, 4.69) is 22.0 Å². The molecule has 0 saturated heterocycles. The first-order chi connectivity index (χ1) is 5.40. The molecule has 0 aliphatic heterocycles. The van der Waals surface area contributed by atoms with E-state index < -0.39 is 0 Å². The van der Waals surface area contributed by atoms with Crippen LogP contribution < -0.4 is 0 Å². The summed E-state index contributed by atoms with van der Waals surface area (Å²) in [6, 6.07) is 0. The monoisotopic (exact) mass is 148 g/mol. The van der Waals surface area contributed by atoms with E-state index >= 15 is 0 Å². The van der Waals surface area contributed by atoms with Gasteiger partial charge in [-0.15, -0.1) is 0 Å². The lowest BCUT2D eigenvalue weighted by molar-refractivity contribution is 0.900. The Bertz CT molecular complexity index is 365. The van der Waals surface area contributed by atoms with Gasteiger partial charge < -0.3 is 0 Å². The summed E-state index contributed by atoms with van der Waals surface area (Å²) in [5.41, 5.74) is 1.82.